The molecule has 0 rings (SSSR count). The molecule has 0 aliphatic carbocycles. The van der Waals surface area contributed by atoms with Crippen molar-refractivity contribution in [3.63, 3.8) is 0 Å². The first kappa shape index (κ1) is 64.6. The first-order valence-electron chi connectivity index (χ1n) is 28.4. The summed E-state index contributed by atoms with van der Waals surface area (Å²) >= 11 is 0. The number of hydrogen-bond donors (Lipinski definition) is 0. The van der Waals surface area contributed by atoms with E-state index in [2.05, 4.69) is 130 Å². The Morgan fingerprint density at radius 1 is 0.338 bits per heavy atom. The van der Waals surface area contributed by atoms with Gasteiger partial charge in [-0.05, 0) is 122 Å². The van der Waals surface area contributed by atoms with E-state index in [4.69, 9.17) is 14.2 Å². The van der Waals surface area contributed by atoms with Crippen molar-refractivity contribution in [2.24, 2.45) is 0 Å². The molecule has 1 atom stereocenters. The molecule has 0 fully saturated rings. The second kappa shape index (κ2) is 57.9. The summed E-state index contributed by atoms with van der Waals surface area (Å²) in [5.41, 5.74) is 0. The van der Waals surface area contributed by atoms with E-state index in [1.807, 2.05) is 0 Å². The molecule has 0 aromatic rings. The van der Waals surface area contributed by atoms with Crippen molar-refractivity contribution in [3.05, 3.63) is 109 Å². The molecule has 0 aromatic heterocycles. The summed E-state index contributed by atoms with van der Waals surface area (Å²) in [6.07, 6.45) is 79.6. The zero-order chi connectivity index (χ0) is 49.2. The van der Waals surface area contributed by atoms with Crippen molar-refractivity contribution in [2.75, 3.05) is 19.8 Å². The molecule has 0 aliphatic rings. The standard InChI is InChI=1S/C63H106O5/c1-4-7-10-13-16-19-22-25-28-30-31-32-34-37-40-43-46-49-52-55-58-66-59-61(68-63(65)57-54-51-48-45-42-39-35-27-24-21-18-15-12-9-6-3)60-67-62(64)56-53-50-47-44-41-38-36-33-29-26-23-20-17-14-11-8-5-2/h7-8,10-11,16-21,25-29,31-32,35,61H,4-6,9,12-15,22-24,30,33-34,36-60H2,1-3H3/b10-7-,11-8-,19-16-,20-17-,21-18-,28-25-,29-26-,32-31-,35-27-. The Hall–Kier alpha value is -3.44. The van der Waals surface area contributed by atoms with Gasteiger partial charge < -0.3 is 14.2 Å². The maximum Gasteiger partial charge on any atom is 0.306 e. The molecule has 0 amide bonds. The Labute approximate surface area is 421 Å². The van der Waals surface area contributed by atoms with Crippen molar-refractivity contribution >= 4 is 11.9 Å². The zero-order valence-corrected chi connectivity index (χ0v) is 44.6. The van der Waals surface area contributed by atoms with Gasteiger partial charge in [-0.1, -0.05) is 226 Å². The molecule has 0 N–H and O–H groups in total. The van der Waals surface area contributed by atoms with Crippen molar-refractivity contribution in [3.8, 4) is 0 Å². The molecule has 5 heteroatoms. The van der Waals surface area contributed by atoms with Crippen LogP contribution in [0, 0.1) is 0 Å². The minimum absolute atomic E-state index is 0.0642. The predicted octanol–water partition coefficient (Wildman–Crippen LogP) is 19.6. The minimum Gasteiger partial charge on any atom is -0.462 e. The lowest BCUT2D eigenvalue weighted by atomic mass is 10.1. The van der Waals surface area contributed by atoms with Crippen LogP contribution in [-0.4, -0.2) is 37.9 Å². The van der Waals surface area contributed by atoms with E-state index in [-0.39, 0.29) is 25.2 Å². The summed E-state index contributed by atoms with van der Waals surface area (Å²) in [5.74, 6) is -0.432. The van der Waals surface area contributed by atoms with Crippen LogP contribution < -0.4 is 0 Å². The topological polar surface area (TPSA) is 61.8 Å². The van der Waals surface area contributed by atoms with Gasteiger partial charge in [-0.25, -0.2) is 0 Å². The molecule has 0 bridgehead atoms. The van der Waals surface area contributed by atoms with E-state index in [9.17, 15) is 9.59 Å². The lowest BCUT2D eigenvalue weighted by Gasteiger charge is -2.18. The third-order valence-corrected chi connectivity index (χ3v) is 11.8. The van der Waals surface area contributed by atoms with E-state index < -0.39 is 6.10 Å². The highest BCUT2D eigenvalue weighted by Gasteiger charge is 2.17. The van der Waals surface area contributed by atoms with Gasteiger partial charge in [-0.15, -0.1) is 0 Å². The van der Waals surface area contributed by atoms with Gasteiger partial charge in [0.1, 0.15) is 6.61 Å². The third kappa shape index (κ3) is 55.2. The number of allylic oxidation sites excluding steroid dienone is 18. The Morgan fingerprint density at radius 2 is 0.662 bits per heavy atom. The highest BCUT2D eigenvalue weighted by atomic mass is 16.6. The first-order valence-corrected chi connectivity index (χ1v) is 28.4. The second-order valence-corrected chi connectivity index (χ2v) is 18.4. The number of rotatable bonds is 51. The molecule has 0 aromatic carbocycles. The van der Waals surface area contributed by atoms with Crippen LogP contribution in [-0.2, 0) is 23.8 Å². The van der Waals surface area contributed by atoms with E-state index in [0.717, 1.165) is 122 Å². The summed E-state index contributed by atoms with van der Waals surface area (Å²) in [5, 5.41) is 0. The number of hydrogen-bond acceptors (Lipinski definition) is 5. The van der Waals surface area contributed by atoms with Crippen molar-refractivity contribution < 1.29 is 23.8 Å². The van der Waals surface area contributed by atoms with Gasteiger partial charge in [0.25, 0.3) is 0 Å². The molecule has 5 nitrogen and oxygen atoms in total. The van der Waals surface area contributed by atoms with Gasteiger partial charge in [0.15, 0.2) is 6.10 Å². The van der Waals surface area contributed by atoms with Gasteiger partial charge in [0, 0.05) is 19.4 Å². The Balaban J connectivity index is 4.34. The van der Waals surface area contributed by atoms with Gasteiger partial charge in [0.05, 0.1) is 6.61 Å². The van der Waals surface area contributed by atoms with Crippen molar-refractivity contribution in [2.45, 2.75) is 258 Å². The second-order valence-electron chi connectivity index (χ2n) is 18.4. The Bertz CT molecular complexity index is 1340. The molecule has 0 saturated carbocycles. The van der Waals surface area contributed by atoms with E-state index in [1.165, 1.54) is 96.3 Å². The molecule has 0 radical (unpaired) electrons. The van der Waals surface area contributed by atoms with Crippen molar-refractivity contribution in [1.82, 2.24) is 0 Å². The fourth-order valence-electron chi connectivity index (χ4n) is 7.60. The molecule has 0 spiro atoms. The van der Waals surface area contributed by atoms with Gasteiger partial charge in [-0.3, -0.25) is 9.59 Å². The average molecular weight is 944 g/mol. The first-order chi connectivity index (χ1) is 33.6. The summed E-state index contributed by atoms with van der Waals surface area (Å²) in [6.45, 7) is 7.54. The summed E-state index contributed by atoms with van der Waals surface area (Å²) in [7, 11) is 0. The number of esters is 2. The minimum atomic E-state index is -0.561. The van der Waals surface area contributed by atoms with E-state index in [0.29, 0.717) is 19.4 Å². The van der Waals surface area contributed by atoms with Gasteiger partial charge in [0.2, 0.25) is 0 Å². The number of carbonyl (C=O) groups is 2. The van der Waals surface area contributed by atoms with Crippen LogP contribution in [0.3, 0.4) is 0 Å². The molecular weight excluding hydrogens is 837 g/mol. The number of unbranched alkanes of at least 4 members (excludes halogenated alkanes) is 22. The lowest BCUT2D eigenvalue weighted by molar-refractivity contribution is -0.163. The highest BCUT2D eigenvalue weighted by Crippen LogP contribution is 2.14. The maximum absolute atomic E-state index is 12.9. The fraction of sp³-hybridized carbons (Fsp3) is 0.683. The molecule has 1 unspecified atom stereocenters. The average Bonchev–Trinajstić information content (AvgIpc) is 3.34. The smallest absolute Gasteiger partial charge is 0.306 e. The van der Waals surface area contributed by atoms with Crippen LogP contribution in [0.15, 0.2) is 109 Å². The van der Waals surface area contributed by atoms with Crippen LogP contribution in [0.5, 0.6) is 0 Å². The summed E-state index contributed by atoms with van der Waals surface area (Å²) < 4.78 is 17.5. The number of carbonyl (C=O) groups excluding carboxylic acids is 2. The molecule has 68 heavy (non-hydrogen) atoms. The van der Waals surface area contributed by atoms with Crippen LogP contribution in [0.1, 0.15) is 252 Å². The monoisotopic (exact) mass is 943 g/mol. The maximum atomic E-state index is 12.9. The molecular formula is C63H106O5. The highest BCUT2D eigenvalue weighted by molar-refractivity contribution is 5.70. The third-order valence-electron chi connectivity index (χ3n) is 11.8. The van der Waals surface area contributed by atoms with Crippen LogP contribution >= 0.6 is 0 Å². The molecule has 388 valence electrons. The normalized spacial score (nSPS) is 13.0. The van der Waals surface area contributed by atoms with Gasteiger partial charge in [-0.2, -0.15) is 0 Å². The fourth-order valence-corrected chi connectivity index (χ4v) is 7.60. The summed E-state index contributed by atoms with van der Waals surface area (Å²) in [6, 6.07) is 0. The Kier molecular flexibility index (Phi) is 54.9. The largest absolute Gasteiger partial charge is 0.462 e. The van der Waals surface area contributed by atoms with Crippen LogP contribution in [0.4, 0.5) is 0 Å². The lowest BCUT2D eigenvalue weighted by Crippen LogP contribution is -2.30. The summed E-state index contributed by atoms with van der Waals surface area (Å²) in [4.78, 5) is 25.5. The zero-order valence-electron chi connectivity index (χ0n) is 44.6. The van der Waals surface area contributed by atoms with Crippen LogP contribution in [0.25, 0.3) is 0 Å². The quantitative estimate of drug-likeness (QED) is 0.0345. The molecule has 0 heterocycles. The Morgan fingerprint density at radius 3 is 1.06 bits per heavy atom. The predicted molar refractivity (Wildman–Crippen MR) is 297 cm³/mol. The van der Waals surface area contributed by atoms with E-state index >= 15 is 0 Å². The molecule has 0 aliphatic heterocycles. The SMILES string of the molecule is CC/C=C\C/C=C\C/C=C\C/C=C\CCCCCCCCCOCC(COC(=O)CCCCCCCCC/C=C\C/C=C\C/C=C\CC)OC(=O)CCCCCCC/C=C\C/C=C\CCCCC. The molecule has 0 saturated heterocycles. The van der Waals surface area contributed by atoms with E-state index in [1.54, 1.807) is 0 Å². The number of ether oxygens (including phenoxy) is 3. The van der Waals surface area contributed by atoms with Crippen molar-refractivity contribution in [1.29, 1.82) is 0 Å². The van der Waals surface area contributed by atoms with Crippen LogP contribution in [0.2, 0.25) is 0 Å². The van der Waals surface area contributed by atoms with Gasteiger partial charge >= 0.3 is 11.9 Å².